The highest BCUT2D eigenvalue weighted by Crippen LogP contribution is 2.26. The van der Waals surface area contributed by atoms with Gasteiger partial charge in [-0.2, -0.15) is 17.0 Å². The largest absolute Gasteiger partial charge is 0.282 e. The first-order valence-electron chi connectivity index (χ1n) is 7.20. The molecule has 0 spiro atoms. The van der Waals surface area contributed by atoms with Gasteiger partial charge in [0.25, 0.3) is 10.2 Å². The maximum Gasteiger partial charge on any atom is 0.282 e. The van der Waals surface area contributed by atoms with Gasteiger partial charge in [0.05, 0.1) is 0 Å². The summed E-state index contributed by atoms with van der Waals surface area (Å²) < 4.78 is 28.3. The van der Waals surface area contributed by atoms with Crippen molar-refractivity contribution in [3.63, 3.8) is 0 Å². The lowest BCUT2D eigenvalue weighted by molar-refractivity contribution is 0.437. The third-order valence-corrected chi connectivity index (χ3v) is 6.53. The normalized spacial score (nSPS) is 18.3. The molecule has 1 aliphatic heterocycles. The average Bonchev–Trinajstić information content (AvgIpc) is 2.79. The molecule has 1 aliphatic rings. The Morgan fingerprint density at radius 1 is 0.783 bits per heavy atom. The average molecular weight is 371 g/mol. The van der Waals surface area contributed by atoms with Crippen LogP contribution in [0, 0.1) is 0 Å². The van der Waals surface area contributed by atoms with Crippen molar-refractivity contribution in [2.75, 3.05) is 13.1 Å². The van der Waals surface area contributed by atoms with Gasteiger partial charge in [0.2, 0.25) is 0 Å². The van der Waals surface area contributed by atoms with Crippen molar-refractivity contribution < 1.29 is 8.42 Å². The molecule has 1 heterocycles. The van der Waals surface area contributed by atoms with Crippen molar-refractivity contribution in [3.8, 4) is 0 Å². The number of hydrogen-bond donors (Lipinski definition) is 0. The third kappa shape index (κ3) is 3.54. The minimum Gasteiger partial charge on any atom is -0.195 e. The van der Waals surface area contributed by atoms with Gasteiger partial charge < -0.3 is 0 Å². The van der Waals surface area contributed by atoms with Crippen molar-refractivity contribution in [2.45, 2.75) is 13.1 Å². The van der Waals surface area contributed by atoms with Crippen LogP contribution in [0.4, 0.5) is 0 Å². The Balaban J connectivity index is 1.77. The molecule has 2 aromatic carbocycles. The van der Waals surface area contributed by atoms with Gasteiger partial charge in [-0.1, -0.05) is 59.6 Å². The van der Waals surface area contributed by atoms with Crippen LogP contribution in [0.5, 0.6) is 0 Å². The van der Waals surface area contributed by atoms with Crippen molar-refractivity contribution in [1.29, 1.82) is 0 Å². The summed E-state index contributed by atoms with van der Waals surface area (Å²) in [5.41, 5.74) is 1.61. The molecule has 0 radical (unpaired) electrons. The molecular weight excluding hydrogens is 355 g/mol. The molecule has 1 saturated heterocycles. The van der Waals surface area contributed by atoms with E-state index in [0.717, 1.165) is 11.1 Å². The SMILES string of the molecule is O=S1(=O)N(Cc2ccccc2Cl)CCN1Cc1ccccc1Cl. The molecule has 0 bridgehead atoms. The summed E-state index contributed by atoms with van der Waals surface area (Å²) >= 11 is 12.3. The number of rotatable bonds is 4. The van der Waals surface area contributed by atoms with Crippen LogP contribution in [0.25, 0.3) is 0 Å². The highest BCUT2D eigenvalue weighted by Gasteiger charge is 2.36. The van der Waals surface area contributed by atoms with E-state index in [1.807, 2.05) is 36.4 Å². The van der Waals surface area contributed by atoms with Crippen LogP contribution in [0.3, 0.4) is 0 Å². The molecule has 7 heteroatoms. The van der Waals surface area contributed by atoms with Crippen LogP contribution in [0.2, 0.25) is 10.0 Å². The van der Waals surface area contributed by atoms with E-state index in [0.29, 0.717) is 23.1 Å². The molecule has 0 atom stereocenters. The first-order valence-corrected chi connectivity index (χ1v) is 9.36. The monoisotopic (exact) mass is 370 g/mol. The third-order valence-electron chi connectivity index (χ3n) is 3.86. The Morgan fingerprint density at radius 3 is 1.57 bits per heavy atom. The fourth-order valence-electron chi connectivity index (χ4n) is 2.57. The van der Waals surface area contributed by atoms with E-state index in [2.05, 4.69) is 0 Å². The minimum absolute atomic E-state index is 0.279. The van der Waals surface area contributed by atoms with E-state index in [4.69, 9.17) is 23.2 Å². The summed E-state index contributed by atoms with van der Waals surface area (Å²) in [5.74, 6) is 0. The molecule has 1 fully saturated rings. The summed E-state index contributed by atoms with van der Waals surface area (Å²) in [7, 11) is -3.51. The van der Waals surface area contributed by atoms with Crippen molar-refractivity contribution in [2.24, 2.45) is 0 Å². The van der Waals surface area contributed by atoms with Gasteiger partial charge in [0.15, 0.2) is 0 Å². The van der Waals surface area contributed by atoms with Crippen LogP contribution in [-0.2, 0) is 23.3 Å². The van der Waals surface area contributed by atoms with E-state index in [9.17, 15) is 8.42 Å². The highest BCUT2D eigenvalue weighted by atomic mass is 35.5. The van der Waals surface area contributed by atoms with E-state index < -0.39 is 10.2 Å². The van der Waals surface area contributed by atoms with E-state index in [-0.39, 0.29) is 13.1 Å². The summed E-state index contributed by atoms with van der Waals surface area (Å²) in [4.78, 5) is 0. The standard InChI is InChI=1S/C16H16Cl2N2O2S/c17-15-7-3-1-5-13(15)11-19-9-10-20(23(19,21)22)12-14-6-2-4-8-16(14)18/h1-8H,9-12H2. The Kier molecular flexibility index (Phi) is 4.94. The molecule has 2 aromatic rings. The maximum absolute atomic E-state index is 12.7. The number of benzene rings is 2. The van der Waals surface area contributed by atoms with Gasteiger partial charge in [-0.3, -0.25) is 0 Å². The van der Waals surface area contributed by atoms with Gasteiger partial charge in [-0.05, 0) is 23.3 Å². The van der Waals surface area contributed by atoms with Crippen LogP contribution in [0.1, 0.15) is 11.1 Å². The van der Waals surface area contributed by atoms with Gasteiger partial charge in [0.1, 0.15) is 0 Å². The summed E-state index contributed by atoms with van der Waals surface area (Å²) in [6.07, 6.45) is 0. The zero-order valence-electron chi connectivity index (χ0n) is 12.3. The van der Waals surface area contributed by atoms with Crippen LogP contribution >= 0.6 is 23.2 Å². The van der Waals surface area contributed by atoms with E-state index >= 15 is 0 Å². The molecule has 4 nitrogen and oxygen atoms in total. The second-order valence-corrected chi connectivity index (χ2v) is 8.10. The first-order chi connectivity index (χ1) is 11.0. The molecule has 0 saturated carbocycles. The molecule has 3 rings (SSSR count). The molecule has 0 aliphatic carbocycles. The van der Waals surface area contributed by atoms with Crippen LogP contribution in [0.15, 0.2) is 48.5 Å². The fraction of sp³-hybridized carbons (Fsp3) is 0.250. The predicted octanol–water partition coefficient (Wildman–Crippen LogP) is 3.56. The Hall–Kier alpha value is -1.11. The number of hydrogen-bond acceptors (Lipinski definition) is 2. The van der Waals surface area contributed by atoms with Gasteiger partial charge >= 0.3 is 0 Å². The smallest absolute Gasteiger partial charge is 0.195 e. The molecule has 0 N–H and O–H groups in total. The predicted molar refractivity (Wildman–Crippen MR) is 92.6 cm³/mol. The minimum atomic E-state index is -3.51. The lowest BCUT2D eigenvalue weighted by Gasteiger charge is -2.19. The topological polar surface area (TPSA) is 40.6 Å². The first kappa shape index (κ1) is 16.7. The van der Waals surface area contributed by atoms with Gasteiger partial charge in [-0.25, -0.2) is 0 Å². The van der Waals surface area contributed by atoms with Gasteiger partial charge in [-0.15, -0.1) is 0 Å². The van der Waals surface area contributed by atoms with Crippen LogP contribution < -0.4 is 0 Å². The fourth-order valence-corrected chi connectivity index (χ4v) is 4.52. The van der Waals surface area contributed by atoms with Gasteiger partial charge in [0, 0.05) is 36.2 Å². The molecule has 0 amide bonds. The van der Waals surface area contributed by atoms with Crippen molar-refractivity contribution in [1.82, 2.24) is 8.61 Å². The van der Waals surface area contributed by atoms with E-state index in [1.54, 1.807) is 12.1 Å². The summed E-state index contributed by atoms with van der Waals surface area (Å²) in [6, 6.07) is 14.6. The zero-order valence-corrected chi connectivity index (χ0v) is 14.7. The second-order valence-electron chi connectivity index (χ2n) is 5.36. The Bertz CT molecular complexity index is 750. The summed E-state index contributed by atoms with van der Waals surface area (Å²) in [6.45, 7) is 1.44. The lowest BCUT2D eigenvalue weighted by atomic mass is 10.2. The Labute approximate surface area is 146 Å². The quantitative estimate of drug-likeness (QED) is 0.825. The number of halogens is 2. The molecule has 0 unspecified atom stereocenters. The van der Waals surface area contributed by atoms with Crippen molar-refractivity contribution in [3.05, 3.63) is 69.7 Å². The van der Waals surface area contributed by atoms with E-state index in [1.165, 1.54) is 8.61 Å². The molecule has 0 aromatic heterocycles. The second kappa shape index (κ2) is 6.79. The highest BCUT2D eigenvalue weighted by molar-refractivity contribution is 7.86. The number of nitrogens with zero attached hydrogens (tertiary/aromatic N) is 2. The molecule has 23 heavy (non-hydrogen) atoms. The van der Waals surface area contributed by atoms with Crippen molar-refractivity contribution >= 4 is 33.4 Å². The molecule has 122 valence electrons. The summed E-state index contributed by atoms with van der Waals surface area (Å²) in [5, 5.41) is 1.15. The lowest BCUT2D eigenvalue weighted by Crippen LogP contribution is -2.32. The Morgan fingerprint density at radius 2 is 1.17 bits per heavy atom. The van der Waals surface area contributed by atoms with Crippen LogP contribution in [-0.4, -0.2) is 30.1 Å². The zero-order chi connectivity index (χ0) is 16.4. The maximum atomic E-state index is 12.7. The molecular formula is C16H16Cl2N2O2S.